The smallest absolute Gasteiger partial charge is 0.303 e. The van der Waals surface area contributed by atoms with E-state index in [1.54, 1.807) is 0 Å². The zero-order chi connectivity index (χ0) is 20.1. The molecule has 0 bridgehead atoms. The van der Waals surface area contributed by atoms with Crippen molar-refractivity contribution in [1.82, 2.24) is 4.90 Å². The van der Waals surface area contributed by atoms with Crippen molar-refractivity contribution in [1.29, 1.82) is 0 Å². The van der Waals surface area contributed by atoms with Crippen molar-refractivity contribution in [2.24, 2.45) is 5.92 Å². The number of aliphatic hydroxyl groups is 1. The van der Waals surface area contributed by atoms with Gasteiger partial charge in [-0.2, -0.15) is 0 Å². The molecule has 0 radical (unpaired) electrons. The van der Waals surface area contributed by atoms with Crippen LogP contribution in [-0.2, 0) is 9.59 Å². The summed E-state index contributed by atoms with van der Waals surface area (Å²) in [5, 5.41) is 18.9. The molecular weight excluding hydrogens is 342 g/mol. The number of hydrogen-bond donors (Lipinski definition) is 2. The van der Waals surface area contributed by atoms with Crippen molar-refractivity contribution in [2.45, 2.75) is 90.2 Å². The third-order valence-corrected chi connectivity index (χ3v) is 4.95. The van der Waals surface area contributed by atoms with Crippen LogP contribution in [0.1, 0.15) is 78.1 Å². The van der Waals surface area contributed by atoms with Crippen LogP contribution in [0.4, 0.5) is 0 Å². The number of amides is 1. The number of likely N-dealkylation sites (tertiary alicyclic amines) is 1. The van der Waals surface area contributed by atoms with E-state index >= 15 is 0 Å². The van der Waals surface area contributed by atoms with Crippen LogP contribution >= 0.6 is 0 Å². The molecule has 2 N–H and O–H groups in total. The highest BCUT2D eigenvalue weighted by Crippen LogP contribution is 2.21. The fourth-order valence-corrected chi connectivity index (χ4v) is 3.16. The molecule has 0 aromatic carbocycles. The Labute approximate surface area is 163 Å². The fourth-order valence-electron chi connectivity index (χ4n) is 3.16. The zero-order valence-corrected chi connectivity index (χ0v) is 16.8. The predicted molar refractivity (Wildman–Crippen MR) is 107 cm³/mol. The van der Waals surface area contributed by atoms with E-state index in [4.69, 9.17) is 5.11 Å². The van der Waals surface area contributed by atoms with Crippen LogP contribution in [0.15, 0.2) is 12.2 Å². The van der Waals surface area contributed by atoms with Crippen molar-refractivity contribution in [2.75, 3.05) is 6.54 Å². The number of nitrogens with zero attached hydrogens (tertiary/aromatic N) is 1. The number of carboxylic acid groups (broad SMARTS) is 1. The first kappa shape index (κ1) is 23.2. The molecule has 152 valence electrons. The van der Waals surface area contributed by atoms with Gasteiger partial charge < -0.3 is 15.1 Å². The second-order valence-corrected chi connectivity index (χ2v) is 7.41. The second-order valence-electron chi connectivity index (χ2n) is 7.41. The molecule has 0 saturated carbocycles. The molecule has 1 aliphatic heterocycles. The van der Waals surface area contributed by atoms with Gasteiger partial charge in [-0.1, -0.05) is 38.8 Å². The van der Waals surface area contributed by atoms with Gasteiger partial charge in [-0.05, 0) is 31.6 Å². The molecule has 0 unspecified atom stereocenters. The lowest BCUT2D eigenvalue weighted by Crippen LogP contribution is -2.33. The molecule has 1 heterocycles. The number of unbranched alkanes of at least 4 members (excludes halogenated alkanes) is 4. The molecule has 5 nitrogen and oxygen atoms in total. The molecule has 1 fully saturated rings. The lowest BCUT2D eigenvalue weighted by molar-refractivity contribution is -0.137. The minimum atomic E-state index is -0.751. The summed E-state index contributed by atoms with van der Waals surface area (Å²) in [6.45, 7) is 4.79. The highest BCUT2D eigenvalue weighted by Gasteiger charge is 2.28. The van der Waals surface area contributed by atoms with Crippen molar-refractivity contribution >= 4 is 11.9 Å². The van der Waals surface area contributed by atoms with Crippen molar-refractivity contribution in [3.05, 3.63) is 12.2 Å². The number of hydrogen-bond acceptors (Lipinski definition) is 3. The van der Waals surface area contributed by atoms with E-state index in [1.807, 2.05) is 24.0 Å². The number of carbonyl (C=O) groups is 2. The number of carboxylic acids is 1. The van der Waals surface area contributed by atoms with E-state index in [0.29, 0.717) is 25.8 Å². The van der Waals surface area contributed by atoms with E-state index in [-0.39, 0.29) is 24.3 Å². The Hall–Kier alpha value is -1.80. The summed E-state index contributed by atoms with van der Waals surface area (Å²) in [4.78, 5) is 24.5. The van der Waals surface area contributed by atoms with Gasteiger partial charge in [0.2, 0.25) is 5.91 Å². The molecular formula is C22H35NO4. The van der Waals surface area contributed by atoms with Gasteiger partial charge in [-0.3, -0.25) is 9.59 Å². The van der Waals surface area contributed by atoms with Gasteiger partial charge in [0.05, 0.1) is 12.1 Å². The van der Waals surface area contributed by atoms with Gasteiger partial charge >= 0.3 is 5.97 Å². The van der Waals surface area contributed by atoms with Crippen molar-refractivity contribution in [3.8, 4) is 11.8 Å². The maximum atomic E-state index is 12.1. The monoisotopic (exact) mass is 377 g/mol. The van der Waals surface area contributed by atoms with Crippen molar-refractivity contribution in [3.63, 3.8) is 0 Å². The van der Waals surface area contributed by atoms with Gasteiger partial charge in [-0.15, -0.1) is 11.8 Å². The van der Waals surface area contributed by atoms with Crippen molar-refractivity contribution < 1.29 is 19.8 Å². The first-order valence-electron chi connectivity index (χ1n) is 10.3. The second kappa shape index (κ2) is 13.4. The third-order valence-electron chi connectivity index (χ3n) is 4.95. The molecule has 1 aliphatic rings. The molecule has 0 spiro atoms. The van der Waals surface area contributed by atoms with E-state index in [1.165, 1.54) is 0 Å². The molecule has 5 heteroatoms. The Morgan fingerprint density at radius 1 is 1.30 bits per heavy atom. The van der Waals surface area contributed by atoms with Crippen LogP contribution in [-0.4, -0.2) is 45.7 Å². The van der Waals surface area contributed by atoms with Crippen LogP contribution < -0.4 is 0 Å². The predicted octanol–water partition coefficient (Wildman–Crippen LogP) is 3.76. The summed E-state index contributed by atoms with van der Waals surface area (Å²) < 4.78 is 0. The summed E-state index contributed by atoms with van der Waals surface area (Å²) in [5.74, 6) is 5.71. The maximum Gasteiger partial charge on any atom is 0.303 e. The van der Waals surface area contributed by atoms with Crippen LogP contribution in [0.5, 0.6) is 0 Å². The molecule has 0 aliphatic carbocycles. The third kappa shape index (κ3) is 9.63. The first-order valence-corrected chi connectivity index (χ1v) is 10.3. The standard InChI is InChI=1S/C22H35NO4/c1-3-4-5-8-11-18(2)20(24)15-13-19-14-16-21(25)23(19)17-10-7-6-9-12-22(26)27/h13,15,18-20,24H,3-4,6-7,9-12,14,16-17H2,1-2H3,(H,26,27)/b15-13+/t18-,19-,20+/m0/s1. The average Bonchev–Trinajstić information content (AvgIpc) is 2.99. The van der Waals surface area contributed by atoms with Gasteiger partial charge in [0.15, 0.2) is 0 Å². The number of carbonyl (C=O) groups excluding carboxylic acids is 1. The van der Waals surface area contributed by atoms with Gasteiger partial charge in [0, 0.05) is 32.2 Å². The molecule has 0 aromatic heterocycles. The Morgan fingerprint density at radius 3 is 2.74 bits per heavy atom. The lowest BCUT2D eigenvalue weighted by atomic mass is 9.99. The minimum absolute atomic E-state index is 0.0598. The molecule has 3 atom stereocenters. The summed E-state index contributed by atoms with van der Waals surface area (Å²) in [7, 11) is 0. The molecule has 1 saturated heterocycles. The first-order chi connectivity index (χ1) is 13.0. The quantitative estimate of drug-likeness (QED) is 0.308. The fraction of sp³-hybridized carbons (Fsp3) is 0.727. The zero-order valence-electron chi connectivity index (χ0n) is 16.8. The van der Waals surface area contributed by atoms with Gasteiger partial charge in [-0.25, -0.2) is 0 Å². The maximum absolute atomic E-state index is 12.1. The van der Waals surface area contributed by atoms with Crippen LogP contribution in [0.2, 0.25) is 0 Å². The number of aliphatic hydroxyl groups excluding tert-OH is 1. The summed E-state index contributed by atoms with van der Waals surface area (Å²) in [5.41, 5.74) is 0. The Balaban J connectivity index is 2.38. The molecule has 1 amide bonds. The van der Waals surface area contributed by atoms with Crippen LogP contribution in [0.3, 0.4) is 0 Å². The molecule has 27 heavy (non-hydrogen) atoms. The summed E-state index contributed by atoms with van der Waals surface area (Å²) in [6.07, 6.45) is 10.8. The molecule has 1 rings (SSSR count). The van der Waals surface area contributed by atoms with E-state index < -0.39 is 12.1 Å². The van der Waals surface area contributed by atoms with Crippen LogP contribution in [0.25, 0.3) is 0 Å². The summed E-state index contributed by atoms with van der Waals surface area (Å²) >= 11 is 0. The summed E-state index contributed by atoms with van der Waals surface area (Å²) in [6, 6.07) is 0.0598. The highest BCUT2D eigenvalue weighted by molar-refractivity contribution is 5.79. The number of aliphatic carboxylic acids is 1. The normalized spacial score (nSPS) is 19.1. The SMILES string of the molecule is CCCC#CC[C@H](C)[C@H](O)/C=C/[C@H]1CCC(=O)N1CCCCCCC(=O)O. The largest absolute Gasteiger partial charge is 0.481 e. The lowest BCUT2D eigenvalue weighted by Gasteiger charge is -2.23. The topological polar surface area (TPSA) is 77.8 Å². The molecule has 0 aromatic rings. The van der Waals surface area contributed by atoms with E-state index in [2.05, 4.69) is 18.8 Å². The highest BCUT2D eigenvalue weighted by atomic mass is 16.4. The Morgan fingerprint density at radius 2 is 2.04 bits per heavy atom. The Kier molecular flexibility index (Phi) is 11.5. The number of rotatable bonds is 12. The van der Waals surface area contributed by atoms with Crippen LogP contribution in [0, 0.1) is 17.8 Å². The minimum Gasteiger partial charge on any atom is -0.481 e. The van der Waals surface area contributed by atoms with Gasteiger partial charge in [0.1, 0.15) is 0 Å². The van der Waals surface area contributed by atoms with E-state index in [0.717, 1.165) is 38.5 Å². The average molecular weight is 378 g/mol. The van der Waals surface area contributed by atoms with E-state index in [9.17, 15) is 14.7 Å². The Bertz CT molecular complexity index is 546. The van der Waals surface area contributed by atoms with Gasteiger partial charge in [0.25, 0.3) is 0 Å².